The smallest absolute Gasteiger partial charge is 0.217 e. The maximum absolute atomic E-state index is 13.1. The fraction of sp³-hybridized carbons (Fsp3) is 0.348. The van der Waals surface area contributed by atoms with Crippen LogP contribution in [-0.2, 0) is 23.1 Å². The van der Waals surface area contributed by atoms with Gasteiger partial charge in [-0.3, -0.25) is 0 Å². The van der Waals surface area contributed by atoms with Gasteiger partial charge in [-0.15, -0.1) is 0 Å². The number of benzene rings is 2. The number of hydrogen-bond donors (Lipinski definition) is 0. The summed E-state index contributed by atoms with van der Waals surface area (Å²) in [7, 11) is -1.77. The molecule has 0 fully saturated rings. The average molecular weight is 460 g/mol. The number of hydrogen-bond acceptors (Lipinski definition) is 4. The Morgan fingerprint density at radius 2 is 1.84 bits per heavy atom. The second kappa shape index (κ2) is 8.65. The van der Waals surface area contributed by atoms with Crippen molar-refractivity contribution in [2.75, 3.05) is 7.11 Å². The average Bonchev–Trinajstić information content (AvgIpc) is 3.33. The topological polar surface area (TPSA) is 64.4 Å². The number of methoxy groups -OCH3 is 1. The summed E-state index contributed by atoms with van der Waals surface area (Å²) in [6.45, 7) is 4.36. The molecule has 3 aromatic rings. The number of aromatic nitrogens is 2. The van der Waals surface area contributed by atoms with E-state index < -0.39 is 15.3 Å². The summed E-state index contributed by atoms with van der Waals surface area (Å²) in [6, 6.07) is 15.2. The lowest BCUT2D eigenvalue weighted by atomic mass is 10.1. The highest BCUT2D eigenvalue weighted by Crippen LogP contribution is 2.38. The Balaban J connectivity index is 1.83. The van der Waals surface area contributed by atoms with Crippen molar-refractivity contribution < 1.29 is 13.2 Å². The quantitative estimate of drug-likeness (QED) is 0.496. The molecule has 6 nitrogen and oxygen atoms in total. The van der Waals surface area contributed by atoms with Crippen LogP contribution >= 0.6 is 11.6 Å². The van der Waals surface area contributed by atoms with Crippen molar-refractivity contribution in [3.8, 4) is 22.7 Å². The van der Waals surface area contributed by atoms with Crippen LogP contribution in [0.3, 0.4) is 0 Å². The van der Waals surface area contributed by atoms with Crippen LogP contribution in [0.4, 0.5) is 0 Å². The number of ether oxygens (including phenoxy) is 1. The van der Waals surface area contributed by atoms with Crippen LogP contribution in [0.2, 0.25) is 5.02 Å². The maximum atomic E-state index is 13.1. The van der Waals surface area contributed by atoms with Gasteiger partial charge in [-0.25, -0.2) is 13.1 Å². The molecule has 1 aliphatic rings. The van der Waals surface area contributed by atoms with E-state index >= 15 is 0 Å². The van der Waals surface area contributed by atoms with Gasteiger partial charge in [0.05, 0.1) is 30.3 Å². The number of rotatable bonds is 7. The third-order valence-electron chi connectivity index (χ3n) is 5.72. The molecule has 0 saturated heterocycles. The summed E-state index contributed by atoms with van der Waals surface area (Å²) < 4.78 is 35.1. The molecule has 4 rings (SSSR count). The molecule has 1 unspecified atom stereocenters. The lowest BCUT2D eigenvalue weighted by molar-refractivity contribution is 0.408. The van der Waals surface area contributed by atoms with E-state index in [-0.39, 0.29) is 6.54 Å². The van der Waals surface area contributed by atoms with Crippen LogP contribution in [0.1, 0.15) is 37.9 Å². The van der Waals surface area contributed by atoms with Gasteiger partial charge in [-0.2, -0.15) is 9.40 Å². The Hall–Kier alpha value is -2.35. The lowest BCUT2D eigenvalue weighted by Crippen LogP contribution is -2.34. The number of nitrogens with zero attached hydrogens (tertiary/aromatic N) is 3. The van der Waals surface area contributed by atoms with Gasteiger partial charge >= 0.3 is 0 Å². The van der Waals surface area contributed by atoms with Gasteiger partial charge in [0.1, 0.15) is 11.4 Å². The number of halogens is 1. The third-order valence-corrected chi connectivity index (χ3v) is 8.20. The number of sulfonamides is 1. The number of para-hydroxylation sites is 2. The molecule has 0 saturated carbocycles. The van der Waals surface area contributed by atoms with Gasteiger partial charge in [0.2, 0.25) is 10.0 Å². The highest BCUT2D eigenvalue weighted by atomic mass is 35.5. The van der Waals surface area contributed by atoms with Crippen molar-refractivity contribution in [2.24, 2.45) is 0 Å². The molecule has 164 valence electrons. The van der Waals surface area contributed by atoms with E-state index in [1.54, 1.807) is 18.3 Å². The second-order valence-electron chi connectivity index (χ2n) is 7.78. The minimum atomic E-state index is -3.40. The molecule has 1 aliphatic heterocycles. The Morgan fingerprint density at radius 3 is 2.52 bits per heavy atom. The Kier molecular flexibility index (Phi) is 6.10. The fourth-order valence-electron chi connectivity index (χ4n) is 4.06. The molecular formula is C23H26ClN3O3S. The Morgan fingerprint density at radius 1 is 1.13 bits per heavy atom. The van der Waals surface area contributed by atoms with E-state index in [9.17, 15) is 8.42 Å². The van der Waals surface area contributed by atoms with Crippen molar-refractivity contribution >= 4 is 21.6 Å². The van der Waals surface area contributed by atoms with E-state index in [1.807, 2.05) is 60.1 Å². The van der Waals surface area contributed by atoms with Crippen LogP contribution in [0.15, 0.2) is 48.5 Å². The van der Waals surface area contributed by atoms with Gasteiger partial charge in [0.25, 0.3) is 0 Å². The van der Waals surface area contributed by atoms with Crippen LogP contribution in [-0.4, -0.2) is 34.9 Å². The molecule has 0 spiro atoms. The largest absolute Gasteiger partial charge is 0.494 e. The predicted molar refractivity (Wildman–Crippen MR) is 123 cm³/mol. The molecule has 2 aromatic carbocycles. The van der Waals surface area contributed by atoms with Crippen molar-refractivity contribution in [2.45, 2.75) is 45.0 Å². The molecule has 0 N–H and O–H groups in total. The monoisotopic (exact) mass is 459 g/mol. The zero-order valence-corrected chi connectivity index (χ0v) is 19.4. The van der Waals surface area contributed by atoms with E-state index in [0.29, 0.717) is 23.7 Å². The molecule has 1 aromatic heterocycles. The fourth-order valence-corrected chi connectivity index (χ4v) is 5.84. The highest BCUT2D eigenvalue weighted by molar-refractivity contribution is 7.89. The molecule has 2 heterocycles. The number of fused-ring (bicyclic) bond motifs is 1. The van der Waals surface area contributed by atoms with E-state index in [4.69, 9.17) is 21.4 Å². The molecule has 8 heteroatoms. The van der Waals surface area contributed by atoms with Gasteiger partial charge < -0.3 is 4.74 Å². The third kappa shape index (κ3) is 3.97. The maximum Gasteiger partial charge on any atom is 0.217 e. The lowest BCUT2D eigenvalue weighted by Gasteiger charge is -2.21. The van der Waals surface area contributed by atoms with Crippen molar-refractivity contribution in [1.82, 2.24) is 14.1 Å². The first-order valence-electron chi connectivity index (χ1n) is 10.4. The standard InChI is InChI=1S/C23H26ClN3O3S/c1-4-7-16(2)31(28,29)26-14-19-20(15-26)25-27(21-8-5-6-9-22(21)30-3)23(19)17-10-12-18(24)13-11-17/h5-6,8-13,16H,4,7,14-15H2,1-3H3. The van der Waals surface area contributed by atoms with Crippen LogP contribution < -0.4 is 4.74 Å². The summed E-state index contributed by atoms with van der Waals surface area (Å²) in [5, 5.41) is 5.06. The molecule has 1 atom stereocenters. The van der Waals surface area contributed by atoms with Crippen molar-refractivity contribution in [3.63, 3.8) is 0 Å². The van der Waals surface area contributed by atoms with Gasteiger partial charge in [-0.05, 0) is 37.6 Å². The SMILES string of the molecule is CCCC(C)S(=O)(=O)N1Cc2nn(-c3ccccc3OC)c(-c3ccc(Cl)cc3)c2C1. The normalized spacial score (nSPS) is 15.1. The van der Waals surface area contributed by atoms with Crippen molar-refractivity contribution in [1.29, 1.82) is 0 Å². The second-order valence-corrected chi connectivity index (χ2v) is 10.6. The molecule has 0 amide bonds. The highest BCUT2D eigenvalue weighted by Gasteiger charge is 2.37. The van der Waals surface area contributed by atoms with Gasteiger partial charge in [0, 0.05) is 22.7 Å². The van der Waals surface area contributed by atoms with E-state index in [1.165, 1.54) is 0 Å². The van der Waals surface area contributed by atoms with Crippen molar-refractivity contribution in [3.05, 3.63) is 64.8 Å². The molecule has 0 aliphatic carbocycles. The molecular weight excluding hydrogens is 434 g/mol. The first-order chi connectivity index (χ1) is 14.9. The zero-order valence-electron chi connectivity index (χ0n) is 17.9. The van der Waals surface area contributed by atoms with Crippen LogP contribution in [0.5, 0.6) is 5.75 Å². The minimum absolute atomic E-state index is 0.272. The summed E-state index contributed by atoms with van der Waals surface area (Å²) in [4.78, 5) is 0. The Bertz CT molecular complexity index is 1190. The van der Waals surface area contributed by atoms with E-state index in [2.05, 4.69) is 0 Å². The minimum Gasteiger partial charge on any atom is -0.494 e. The first-order valence-corrected chi connectivity index (χ1v) is 12.2. The predicted octanol–water partition coefficient (Wildman–Crippen LogP) is 5.04. The first kappa shape index (κ1) is 21.9. The zero-order chi connectivity index (χ0) is 22.2. The summed E-state index contributed by atoms with van der Waals surface area (Å²) in [5.74, 6) is 0.694. The molecule has 0 radical (unpaired) electrons. The van der Waals surface area contributed by atoms with E-state index in [0.717, 1.165) is 34.6 Å². The van der Waals surface area contributed by atoms with Gasteiger partial charge in [0.15, 0.2) is 0 Å². The van der Waals surface area contributed by atoms with Crippen LogP contribution in [0.25, 0.3) is 16.9 Å². The van der Waals surface area contributed by atoms with Gasteiger partial charge in [-0.1, -0.05) is 49.2 Å². The van der Waals surface area contributed by atoms with Crippen LogP contribution in [0, 0.1) is 0 Å². The summed E-state index contributed by atoms with van der Waals surface area (Å²) in [5.41, 5.74) is 4.27. The Labute approximate surface area is 188 Å². The molecule has 0 bridgehead atoms. The molecule has 31 heavy (non-hydrogen) atoms. The summed E-state index contributed by atoms with van der Waals surface area (Å²) >= 11 is 6.11. The summed E-state index contributed by atoms with van der Waals surface area (Å²) in [6.07, 6.45) is 1.47.